The van der Waals surface area contributed by atoms with Crippen LogP contribution in [0.25, 0.3) is 0 Å². The molecule has 2 unspecified atom stereocenters. The quantitative estimate of drug-likeness (QED) is 0.744. The molecule has 1 aromatic rings. The summed E-state index contributed by atoms with van der Waals surface area (Å²) in [5.41, 5.74) is 3.04. The van der Waals surface area contributed by atoms with Gasteiger partial charge in [0.2, 0.25) is 0 Å². The van der Waals surface area contributed by atoms with Crippen LogP contribution < -0.4 is 0 Å². The molecular formula is C14H20O. The molecule has 1 aromatic carbocycles. The van der Waals surface area contributed by atoms with E-state index >= 15 is 0 Å². The van der Waals surface area contributed by atoms with Gasteiger partial charge in [0.25, 0.3) is 0 Å². The van der Waals surface area contributed by atoms with E-state index in [0.29, 0.717) is 5.92 Å². The zero-order valence-corrected chi connectivity index (χ0v) is 9.83. The van der Waals surface area contributed by atoms with Crippen molar-refractivity contribution in [1.82, 2.24) is 0 Å². The van der Waals surface area contributed by atoms with Crippen molar-refractivity contribution < 1.29 is 5.11 Å². The zero-order valence-electron chi connectivity index (χ0n) is 9.83. The van der Waals surface area contributed by atoms with Gasteiger partial charge in [0.05, 0.1) is 6.10 Å². The first-order valence-corrected chi connectivity index (χ1v) is 5.80. The van der Waals surface area contributed by atoms with E-state index in [4.69, 9.17) is 0 Å². The molecule has 82 valence electrons. The van der Waals surface area contributed by atoms with Gasteiger partial charge in [-0.25, -0.2) is 0 Å². The Kier molecular flexibility index (Phi) is 2.59. The van der Waals surface area contributed by atoms with E-state index in [1.807, 2.05) is 6.92 Å². The molecule has 1 aliphatic rings. The van der Waals surface area contributed by atoms with Crippen molar-refractivity contribution in [2.45, 2.75) is 51.0 Å². The number of aliphatic hydroxyl groups excluding tert-OH is 1. The van der Waals surface area contributed by atoms with Crippen LogP contribution in [0.3, 0.4) is 0 Å². The Morgan fingerprint density at radius 3 is 2.67 bits per heavy atom. The van der Waals surface area contributed by atoms with Crippen molar-refractivity contribution in [3.05, 3.63) is 35.4 Å². The standard InChI is InChI=1S/C14H20O/c1-10(15)11-8-9-14(2,3)13-7-5-4-6-12(11)13/h4-7,10-11,15H,8-9H2,1-3H3. The first-order chi connectivity index (χ1) is 7.02. The lowest BCUT2D eigenvalue weighted by molar-refractivity contribution is 0.145. The second-order valence-corrected chi connectivity index (χ2v) is 5.36. The van der Waals surface area contributed by atoms with Crippen molar-refractivity contribution in [2.75, 3.05) is 0 Å². The summed E-state index contributed by atoms with van der Waals surface area (Å²) < 4.78 is 0. The van der Waals surface area contributed by atoms with Gasteiger partial charge >= 0.3 is 0 Å². The summed E-state index contributed by atoms with van der Waals surface area (Å²) >= 11 is 0. The molecule has 1 aliphatic carbocycles. The molecule has 0 saturated heterocycles. The average molecular weight is 204 g/mol. The van der Waals surface area contributed by atoms with Crippen LogP contribution in [0.1, 0.15) is 50.7 Å². The molecule has 0 aliphatic heterocycles. The fourth-order valence-electron chi connectivity index (χ4n) is 2.74. The molecule has 1 N–H and O–H groups in total. The second-order valence-electron chi connectivity index (χ2n) is 5.36. The highest BCUT2D eigenvalue weighted by Gasteiger charge is 2.33. The number of rotatable bonds is 1. The van der Waals surface area contributed by atoms with Gasteiger partial charge in [-0.15, -0.1) is 0 Å². The fourth-order valence-corrected chi connectivity index (χ4v) is 2.74. The Balaban J connectivity index is 2.49. The third-order valence-corrected chi connectivity index (χ3v) is 3.75. The highest BCUT2D eigenvalue weighted by atomic mass is 16.3. The predicted molar refractivity (Wildman–Crippen MR) is 63.1 cm³/mol. The lowest BCUT2D eigenvalue weighted by atomic mass is 9.68. The number of hydrogen-bond donors (Lipinski definition) is 1. The maximum atomic E-state index is 9.79. The third-order valence-electron chi connectivity index (χ3n) is 3.75. The highest BCUT2D eigenvalue weighted by Crippen LogP contribution is 2.43. The Labute approximate surface area is 92.1 Å². The lowest BCUT2D eigenvalue weighted by Crippen LogP contribution is -2.30. The minimum absolute atomic E-state index is 0.234. The van der Waals surface area contributed by atoms with Crippen molar-refractivity contribution in [3.63, 3.8) is 0 Å². The number of benzene rings is 1. The van der Waals surface area contributed by atoms with Crippen molar-refractivity contribution in [1.29, 1.82) is 0 Å². The van der Waals surface area contributed by atoms with Crippen LogP contribution in [-0.4, -0.2) is 11.2 Å². The molecule has 0 radical (unpaired) electrons. The van der Waals surface area contributed by atoms with E-state index in [0.717, 1.165) is 6.42 Å². The molecule has 15 heavy (non-hydrogen) atoms. The largest absolute Gasteiger partial charge is 0.393 e. The van der Waals surface area contributed by atoms with E-state index in [9.17, 15) is 5.11 Å². The van der Waals surface area contributed by atoms with E-state index in [1.165, 1.54) is 17.5 Å². The summed E-state index contributed by atoms with van der Waals surface area (Å²) in [6.07, 6.45) is 2.03. The smallest absolute Gasteiger partial charge is 0.0580 e. The molecule has 0 spiro atoms. The maximum absolute atomic E-state index is 9.79. The van der Waals surface area contributed by atoms with Gasteiger partial charge in [-0.1, -0.05) is 38.1 Å². The summed E-state index contributed by atoms with van der Waals surface area (Å²) in [6.45, 7) is 6.49. The lowest BCUT2D eigenvalue weighted by Gasteiger charge is -2.38. The summed E-state index contributed by atoms with van der Waals surface area (Å²) in [4.78, 5) is 0. The molecule has 0 fully saturated rings. The SMILES string of the molecule is CC(O)C1CCC(C)(C)c2ccccc21. The summed E-state index contributed by atoms with van der Waals surface area (Å²) in [6, 6.07) is 8.57. The summed E-state index contributed by atoms with van der Waals surface area (Å²) in [5.74, 6) is 0.328. The molecule has 0 amide bonds. The Morgan fingerprint density at radius 1 is 1.33 bits per heavy atom. The molecule has 0 saturated carbocycles. The van der Waals surface area contributed by atoms with Crippen LogP contribution in [0.15, 0.2) is 24.3 Å². The number of aliphatic hydroxyl groups is 1. The number of hydrogen-bond acceptors (Lipinski definition) is 1. The van der Waals surface area contributed by atoms with Gasteiger partial charge in [-0.2, -0.15) is 0 Å². The molecule has 0 aromatic heterocycles. The van der Waals surface area contributed by atoms with Crippen molar-refractivity contribution >= 4 is 0 Å². The second kappa shape index (κ2) is 3.64. The molecule has 1 heteroatoms. The predicted octanol–water partition coefficient (Wildman–Crippen LogP) is 3.22. The highest BCUT2D eigenvalue weighted by molar-refractivity contribution is 5.38. The average Bonchev–Trinajstić information content (AvgIpc) is 2.17. The first-order valence-electron chi connectivity index (χ1n) is 5.80. The van der Waals surface area contributed by atoms with Crippen LogP contribution in [0, 0.1) is 0 Å². The van der Waals surface area contributed by atoms with Crippen LogP contribution in [0.4, 0.5) is 0 Å². The molecule has 0 bridgehead atoms. The minimum Gasteiger partial charge on any atom is -0.393 e. The van der Waals surface area contributed by atoms with Gasteiger partial charge in [0.1, 0.15) is 0 Å². The van der Waals surface area contributed by atoms with E-state index < -0.39 is 0 Å². The Morgan fingerprint density at radius 2 is 2.00 bits per heavy atom. The first kappa shape index (κ1) is 10.7. The van der Waals surface area contributed by atoms with Crippen LogP contribution >= 0.6 is 0 Å². The monoisotopic (exact) mass is 204 g/mol. The minimum atomic E-state index is -0.234. The summed E-state index contributed by atoms with van der Waals surface area (Å²) in [5, 5.41) is 9.79. The number of fused-ring (bicyclic) bond motifs is 1. The van der Waals surface area contributed by atoms with Gasteiger partial charge in [0, 0.05) is 5.92 Å². The normalized spacial score (nSPS) is 25.7. The molecule has 1 nitrogen and oxygen atoms in total. The van der Waals surface area contributed by atoms with E-state index in [-0.39, 0.29) is 11.5 Å². The molecule has 2 rings (SSSR count). The fraction of sp³-hybridized carbons (Fsp3) is 0.571. The van der Waals surface area contributed by atoms with Gasteiger partial charge in [-0.3, -0.25) is 0 Å². The summed E-state index contributed by atoms with van der Waals surface area (Å²) in [7, 11) is 0. The Bertz CT molecular complexity index is 352. The Hall–Kier alpha value is -0.820. The molecule has 2 atom stereocenters. The van der Waals surface area contributed by atoms with Crippen LogP contribution in [0.5, 0.6) is 0 Å². The van der Waals surface area contributed by atoms with Gasteiger partial charge in [-0.05, 0) is 36.3 Å². The molecule has 0 heterocycles. The third kappa shape index (κ3) is 1.81. The van der Waals surface area contributed by atoms with Crippen molar-refractivity contribution in [2.24, 2.45) is 0 Å². The van der Waals surface area contributed by atoms with Gasteiger partial charge < -0.3 is 5.11 Å². The maximum Gasteiger partial charge on any atom is 0.0580 e. The van der Waals surface area contributed by atoms with Crippen LogP contribution in [0.2, 0.25) is 0 Å². The topological polar surface area (TPSA) is 20.2 Å². The van der Waals surface area contributed by atoms with E-state index in [2.05, 4.69) is 38.1 Å². The zero-order chi connectivity index (χ0) is 11.1. The van der Waals surface area contributed by atoms with E-state index in [1.54, 1.807) is 0 Å². The van der Waals surface area contributed by atoms with Crippen molar-refractivity contribution in [3.8, 4) is 0 Å². The molecular weight excluding hydrogens is 184 g/mol. The van der Waals surface area contributed by atoms with Gasteiger partial charge in [0.15, 0.2) is 0 Å². The van der Waals surface area contributed by atoms with Crippen LogP contribution in [-0.2, 0) is 5.41 Å².